The molecule has 158 valence electrons. The Balaban J connectivity index is 1.44. The van der Waals surface area contributed by atoms with Crippen LogP contribution in [0.1, 0.15) is 46.8 Å². The minimum Gasteiger partial charge on any atom is -0.493 e. The highest BCUT2D eigenvalue weighted by molar-refractivity contribution is 7.11. The van der Waals surface area contributed by atoms with Gasteiger partial charge in [-0.1, -0.05) is 6.07 Å². The predicted octanol–water partition coefficient (Wildman–Crippen LogP) is 3.73. The number of hydrogen-bond acceptors (Lipinski definition) is 6. The summed E-state index contributed by atoms with van der Waals surface area (Å²) < 4.78 is 16.2. The molecule has 0 atom stereocenters. The van der Waals surface area contributed by atoms with Gasteiger partial charge in [0.05, 0.1) is 32.0 Å². The monoisotopic (exact) mass is 418 g/mol. The zero-order valence-electron chi connectivity index (χ0n) is 17.5. The molecule has 0 saturated carbocycles. The van der Waals surface area contributed by atoms with Crippen LogP contribution in [0, 0.1) is 0 Å². The fourth-order valence-electron chi connectivity index (χ4n) is 3.68. The molecule has 1 aromatic carbocycles. The molecule has 3 rings (SSSR count). The van der Waals surface area contributed by atoms with Crippen molar-refractivity contribution in [1.82, 2.24) is 10.3 Å². The van der Waals surface area contributed by atoms with E-state index >= 15 is 0 Å². The van der Waals surface area contributed by atoms with Crippen LogP contribution in [0.25, 0.3) is 0 Å². The van der Waals surface area contributed by atoms with Crippen molar-refractivity contribution >= 4 is 17.2 Å². The summed E-state index contributed by atoms with van der Waals surface area (Å²) in [7, 11) is 4.76. The van der Waals surface area contributed by atoms with Crippen LogP contribution in [-0.2, 0) is 30.5 Å². The van der Waals surface area contributed by atoms with Crippen LogP contribution < -0.4 is 19.5 Å². The number of amides is 1. The van der Waals surface area contributed by atoms with Crippen molar-refractivity contribution in [3.8, 4) is 17.2 Å². The number of methoxy groups -OCH3 is 3. The van der Waals surface area contributed by atoms with Crippen LogP contribution in [0.3, 0.4) is 0 Å². The summed E-state index contributed by atoms with van der Waals surface area (Å²) in [5.41, 5.74) is 2.23. The molecule has 0 unspecified atom stereocenters. The van der Waals surface area contributed by atoms with Gasteiger partial charge in [0.2, 0.25) is 11.7 Å². The van der Waals surface area contributed by atoms with E-state index < -0.39 is 0 Å². The summed E-state index contributed by atoms with van der Waals surface area (Å²) >= 11 is 1.85. The summed E-state index contributed by atoms with van der Waals surface area (Å²) in [5, 5.41) is 4.22. The lowest BCUT2D eigenvalue weighted by Crippen LogP contribution is -2.25. The number of rotatable bonds is 10. The van der Waals surface area contributed by atoms with Gasteiger partial charge in [-0.2, -0.15) is 0 Å². The van der Waals surface area contributed by atoms with Gasteiger partial charge in [0, 0.05) is 24.3 Å². The van der Waals surface area contributed by atoms with E-state index in [1.807, 2.05) is 23.5 Å². The number of aryl methyl sites for hydroxylation is 4. The third kappa shape index (κ3) is 5.41. The van der Waals surface area contributed by atoms with Crippen molar-refractivity contribution in [3.05, 3.63) is 33.3 Å². The molecule has 1 aliphatic carbocycles. The maximum atomic E-state index is 12.2. The smallest absolute Gasteiger partial charge is 0.220 e. The highest BCUT2D eigenvalue weighted by atomic mass is 32.1. The molecular formula is C22H30N2O4S. The number of aromatic nitrogens is 1. The Morgan fingerprint density at radius 2 is 1.86 bits per heavy atom. The molecule has 0 saturated heterocycles. The van der Waals surface area contributed by atoms with E-state index in [0.29, 0.717) is 36.6 Å². The molecule has 0 aliphatic heterocycles. The third-order valence-corrected chi connectivity index (χ3v) is 6.40. The molecule has 2 aromatic rings. The second-order valence-corrected chi connectivity index (χ2v) is 8.30. The number of carbonyl (C=O) groups excluding carboxylic acids is 1. The zero-order chi connectivity index (χ0) is 20.6. The van der Waals surface area contributed by atoms with Gasteiger partial charge in [-0.15, -0.1) is 11.3 Å². The van der Waals surface area contributed by atoms with Crippen LogP contribution in [0.5, 0.6) is 17.2 Å². The van der Waals surface area contributed by atoms with Crippen LogP contribution in [0.15, 0.2) is 12.1 Å². The molecule has 1 heterocycles. The number of fused-ring (bicyclic) bond motifs is 1. The summed E-state index contributed by atoms with van der Waals surface area (Å²) in [6.07, 6.45) is 7.68. The highest BCUT2D eigenvalue weighted by Crippen LogP contribution is 2.40. The third-order valence-electron chi connectivity index (χ3n) is 5.19. The van der Waals surface area contributed by atoms with Crippen molar-refractivity contribution < 1.29 is 19.0 Å². The molecule has 1 amide bonds. The number of nitrogens with one attached hydrogen (secondary N) is 1. The highest BCUT2D eigenvalue weighted by Gasteiger charge is 2.17. The van der Waals surface area contributed by atoms with Gasteiger partial charge in [0.15, 0.2) is 11.5 Å². The van der Waals surface area contributed by atoms with E-state index in [9.17, 15) is 4.79 Å². The number of benzene rings is 1. The van der Waals surface area contributed by atoms with Gasteiger partial charge in [-0.05, 0) is 50.2 Å². The first-order valence-electron chi connectivity index (χ1n) is 10.2. The van der Waals surface area contributed by atoms with E-state index in [0.717, 1.165) is 24.8 Å². The fourth-order valence-corrected chi connectivity index (χ4v) is 4.88. The molecule has 0 radical (unpaired) electrons. The molecule has 1 aromatic heterocycles. The van der Waals surface area contributed by atoms with E-state index in [2.05, 4.69) is 5.32 Å². The number of hydrogen-bond donors (Lipinski definition) is 1. The minimum absolute atomic E-state index is 0.0419. The van der Waals surface area contributed by atoms with Crippen LogP contribution in [0.2, 0.25) is 0 Å². The number of ether oxygens (including phenoxy) is 3. The van der Waals surface area contributed by atoms with Crippen molar-refractivity contribution in [2.75, 3.05) is 27.9 Å². The molecule has 29 heavy (non-hydrogen) atoms. The van der Waals surface area contributed by atoms with E-state index in [-0.39, 0.29) is 5.91 Å². The predicted molar refractivity (Wildman–Crippen MR) is 115 cm³/mol. The Hall–Kier alpha value is -2.28. The first kappa shape index (κ1) is 21.4. The molecule has 1 aliphatic rings. The molecule has 1 N–H and O–H groups in total. The minimum atomic E-state index is 0.0419. The molecule has 0 fully saturated rings. The molecule has 6 nitrogen and oxygen atoms in total. The van der Waals surface area contributed by atoms with Crippen molar-refractivity contribution in [2.45, 2.75) is 51.4 Å². The van der Waals surface area contributed by atoms with Gasteiger partial charge in [0.1, 0.15) is 0 Å². The maximum Gasteiger partial charge on any atom is 0.220 e. The zero-order valence-corrected chi connectivity index (χ0v) is 18.3. The van der Waals surface area contributed by atoms with E-state index in [1.54, 1.807) is 21.3 Å². The topological polar surface area (TPSA) is 69.7 Å². The maximum absolute atomic E-state index is 12.2. The van der Waals surface area contributed by atoms with Gasteiger partial charge in [-0.25, -0.2) is 4.98 Å². The second-order valence-electron chi connectivity index (χ2n) is 7.13. The van der Waals surface area contributed by atoms with Crippen molar-refractivity contribution in [1.29, 1.82) is 0 Å². The summed E-state index contributed by atoms with van der Waals surface area (Å²) in [4.78, 5) is 18.5. The quantitative estimate of drug-likeness (QED) is 0.596. The lowest BCUT2D eigenvalue weighted by atomic mass is 10.0. The molecular weight excluding hydrogens is 388 g/mol. The normalized spacial score (nSPS) is 12.9. The Bertz CT molecular complexity index is 811. The number of carbonyl (C=O) groups is 1. The fraction of sp³-hybridized carbons (Fsp3) is 0.545. The summed E-state index contributed by atoms with van der Waals surface area (Å²) in [5.74, 6) is 1.83. The van der Waals surface area contributed by atoms with Crippen molar-refractivity contribution in [3.63, 3.8) is 0 Å². The lowest BCUT2D eigenvalue weighted by molar-refractivity contribution is -0.121. The SMILES string of the molecule is COc1ccc(CCC(=O)NCCCc2nc3c(s2)CCCC3)c(OC)c1OC. The van der Waals surface area contributed by atoms with E-state index in [4.69, 9.17) is 19.2 Å². The summed E-state index contributed by atoms with van der Waals surface area (Å²) in [6, 6.07) is 3.75. The van der Waals surface area contributed by atoms with Crippen LogP contribution in [0.4, 0.5) is 0 Å². The first-order chi connectivity index (χ1) is 14.2. The average Bonchev–Trinajstić information content (AvgIpc) is 3.17. The van der Waals surface area contributed by atoms with Gasteiger partial charge in [0.25, 0.3) is 0 Å². The average molecular weight is 419 g/mol. The van der Waals surface area contributed by atoms with Gasteiger partial charge >= 0.3 is 0 Å². The van der Waals surface area contributed by atoms with E-state index in [1.165, 1.54) is 34.8 Å². The Morgan fingerprint density at radius 3 is 2.59 bits per heavy atom. The van der Waals surface area contributed by atoms with Gasteiger partial charge in [-0.3, -0.25) is 4.79 Å². The lowest BCUT2D eigenvalue weighted by Gasteiger charge is -2.15. The number of thiazole rings is 1. The van der Waals surface area contributed by atoms with Gasteiger partial charge < -0.3 is 19.5 Å². The Morgan fingerprint density at radius 1 is 1.07 bits per heavy atom. The van der Waals surface area contributed by atoms with Crippen molar-refractivity contribution in [2.24, 2.45) is 0 Å². The Labute approximate surface area is 176 Å². The second kappa shape index (κ2) is 10.5. The largest absolute Gasteiger partial charge is 0.493 e. The summed E-state index contributed by atoms with van der Waals surface area (Å²) in [6.45, 7) is 0.673. The first-order valence-corrected chi connectivity index (χ1v) is 11.0. The standard InChI is InChI=1S/C22H30N2O4S/c1-26-17-12-10-15(21(27-2)22(17)28-3)11-13-19(25)23-14-6-9-20-24-16-7-4-5-8-18(16)29-20/h10,12H,4-9,11,13-14H2,1-3H3,(H,23,25). The molecule has 0 bridgehead atoms. The number of nitrogens with zero attached hydrogens (tertiary/aromatic N) is 1. The van der Waals surface area contributed by atoms with Crippen LogP contribution >= 0.6 is 11.3 Å². The molecule has 7 heteroatoms. The Kier molecular flexibility index (Phi) is 7.75. The molecule has 0 spiro atoms. The van der Waals surface area contributed by atoms with Crippen LogP contribution in [-0.4, -0.2) is 38.8 Å².